The zero-order valence-electron chi connectivity index (χ0n) is 26.0. The molecule has 0 saturated heterocycles. The zero-order chi connectivity index (χ0) is 32.1. The van der Waals surface area contributed by atoms with E-state index in [4.69, 9.17) is 19.4 Å². The quantitative estimate of drug-likeness (QED) is 0.192. The number of furan rings is 1. The van der Waals surface area contributed by atoms with Crippen molar-refractivity contribution in [3.8, 4) is 28.7 Å². The second kappa shape index (κ2) is 10.1. The molecule has 6 heteroatoms. The highest BCUT2D eigenvalue weighted by Gasteiger charge is 2.21. The molecule has 11 aromatic rings. The fraction of sp³-hybridized carbons (Fsp3) is 0. The first-order chi connectivity index (χ1) is 24.3. The van der Waals surface area contributed by atoms with Gasteiger partial charge in [-0.05, 0) is 41.8 Å². The van der Waals surface area contributed by atoms with Crippen molar-refractivity contribution in [2.75, 3.05) is 0 Å². The summed E-state index contributed by atoms with van der Waals surface area (Å²) in [5.41, 5.74) is 5.63. The second-order valence-electron chi connectivity index (χ2n) is 12.4. The first kappa shape index (κ1) is 26.7. The Morgan fingerprint density at radius 2 is 1.16 bits per heavy atom. The van der Waals surface area contributed by atoms with Crippen molar-refractivity contribution in [3.05, 3.63) is 146 Å². The molecule has 0 radical (unpaired) electrons. The van der Waals surface area contributed by atoms with Crippen molar-refractivity contribution in [1.82, 2.24) is 19.5 Å². The predicted octanol–water partition coefficient (Wildman–Crippen LogP) is 11.7. The lowest BCUT2D eigenvalue weighted by molar-refractivity contribution is 0.672. The summed E-state index contributed by atoms with van der Waals surface area (Å²) in [6, 6.07) is 50.8. The molecule has 0 aliphatic carbocycles. The van der Waals surface area contributed by atoms with E-state index >= 15 is 0 Å². The Morgan fingerprint density at radius 1 is 0.490 bits per heavy atom. The molecule has 0 spiro atoms. The molecule has 0 amide bonds. The highest BCUT2D eigenvalue weighted by atomic mass is 32.1. The largest absolute Gasteiger partial charge is 0.455 e. The summed E-state index contributed by atoms with van der Waals surface area (Å²) in [4.78, 5) is 15.8. The third-order valence-corrected chi connectivity index (χ3v) is 10.8. The van der Waals surface area contributed by atoms with Crippen LogP contribution in [0.3, 0.4) is 0 Å². The van der Waals surface area contributed by atoms with Crippen molar-refractivity contribution < 1.29 is 4.42 Å². The van der Waals surface area contributed by atoms with E-state index in [-0.39, 0.29) is 0 Å². The SMILES string of the molecule is c1cc(-c2nc(-c3ccc4c(c3)sc3ccccc34)nc(-n3c4ccccc4c4ccccc43)n2)c2c(c1)ccc1c3ccccc3oc12. The van der Waals surface area contributed by atoms with Crippen LogP contribution < -0.4 is 0 Å². The van der Waals surface area contributed by atoms with Crippen LogP contribution >= 0.6 is 11.3 Å². The van der Waals surface area contributed by atoms with Gasteiger partial charge in [0.15, 0.2) is 11.6 Å². The van der Waals surface area contributed by atoms with Gasteiger partial charge in [0.25, 0.3) is 0 Å². The van der Waals surface area contributed by atoms with Gasteiger partial charge in [-0.15, -0.1) is 11.3 Å². The highest BCUT2D eigenvalue weighted by Crippen LogP contribution is 2.40. The standard InChI is InChI=1S/C43H24N4OS/c1-5-16-34-27(11-1)28-12-2-6-17-35(28)47(34)43-45-41(26-21-22-31-30-14-4-8-19-37(30)49-38(31)24-26)44-42(46-43)33-15-9-10-25-20-23-32-29-13-3-7-18-36(29)48-40(32)39(25)33/h1-24H. The number of para-hydroxylation sites is 3. The lowest BCUT2D eigenvalue weighted by atomic mass is 10.0. The molecule has 0 aliphatic rings. The topological polar surface area (TPSA) is 56.7 Å². The molecule has 0 N–H and O–H groups in total. The molecular weight excluding hydrogens is 621 g/mol. The van der Waals surface area contributed by atoms with E-state index in [0.29, 0.717) is 17.6 Å². The number of hydrogen-bond donors (Lipinski definition) is 0. The number of hydrogen-bond acceptors (Lipinski definition) is 5. The molecular formula is C43H24N4OS. The van der Waals surface area contributed by atoms with Crippen LogP contribution in [-0.4, -0.2) is 19.5 Å². The number of nitrogens with zero attached hydrogens (tertiary/aromatic N) is 4. The Morgan fingerprint density at radius 3 is 2.00 bits per heavy atom. The Bertz CT molecular complexity index is 3080. The third kappa shape index (κ3) is 3.89. The van der Waals surface area contributed by atoms with Gasteiger partial charge >= 0.3 is 0 Å². The summed E-state index contributed by atoms with van der Waals surface area (Å²) in [5, 5.41) is 9.03. The fourth-order valence-corrected chi connectivity index (χ4v) is 8.60. The minimum Gasteiger partial charge on any atom is -0.455 e. The number of thiophene rings is 1. The van der Waals surface area contributed by atoms with Gasteiger partial charge in [0.05, 0.1) is 11.0 Å². The molecule has 4 heterocycles. The van der Waals surface area contributed by atoms with Gasteiger partial charge < -0.3 is 4.42 Å². The van der Waals surface area contributed by atoms with Crippen LogP contribution in [0, 0.1) is 0 Å². The van der Waals surface area contributed by atoms with Gasteiger partial charge in [0.2, 0.25) is 5.95 Å². The number of fused-ring (bicyclic) bond motifs is 11. The van der Waals surface area contributed by atoms with E-state index < -0.39 is 0 Å². The predicted molar refractivity (Wildman–Crippen MR) is 203 cm³/mol. The Balaban J connectivity index is 1.23. The van der Waals surface area contributed by atoms with E-state index in [1.54, 1.807) is 11.3 Å². The minimum absolute atomic E-state index is 0.572. The van der Waals surface area contributed by atoms with E-state index in [0.717, 1.165) is 65.6 Å². The molecule has 0 bridgehead atoms. The maximum absolute atomic E-state index is 6.56. The summed E-state index contributed by atoms with van der Waals surface area (Å²) in [7, 11) is 0. The van der Waals surface area contributed by atoms with Gasteiger partial charge in [-0.1, -0.05) is 109 Å². The van der Waals surface area contributed by atoms with Crippen LogP contribution in [0.2, 0.25) is 0 Å². The van der Waals surface area contributed by atoms with Crippen molar-refractivity contribution in [3.63, 3.8) is 0 Å². The molecule has 0 aliphatic heterocycles. The van der Waals surface area contributed by atoms with Gasteiger partial charge in [0.1, 0.15) is 11.2 Å². The smallest absolute Gasteiger partial charge is 0.238 e. The van der Waals surface area contributed by atoms with E-state index in [9.17, 15) is 0 Å². The average Bonchev–Trinajstić information content (AvgIpc) is 3.84. The van der Waals surface area contributed by atoms with Crippen LogP contribution in [0.25, 0.3) is 103 Å². The van der Waals surface area contributed by atoms with E-state index in [2.05, 4.69) is 138 Å². The van der Waals surface area contributed by atoms with Gasteiger partial charge in [-0.3, -0.25) is 4.57 Å². The maximum Gasteiger partial charge on any atom is 0.238 e. The lowest BCUT2D eigenvalue weighted by Gasteiger charge is -2.12. The molecule has 5 nitrogen and oxygen atoms in total. The number of benzene rings is 7. The summed E-state index contributed by atoms with van der Waals surface area (Å²) < 4.78 is 11.2. The average molecular weight is 645 g/mol. The van der Waals surface area contributed by atoms with Crippen molar-refractivity contribution in [1.29, 1.82) is 0 Å². The molecule has 4 aromatic heterocycles. The Kier molecular flexibility index (Phi) is 5.48. The summed E-state index contributed by atoms with van der Waals surface area (Å²) in [6.07, 6.45) is 0. The summed E-state index contributed by atoms with van der Waals surface area (Å²) in [6.45, 7) is 0. The van der Waals surface area contributed by atoms with Crippen molar-refractivity contribution in [2.24, 2.45) is 0 Å². The normalized spacial score (nSPS) is 12.1. The van der Waals surface area contributed by atoms with Gasteiger partial charge in [-0.2, -0.15) is 9.97 Å². The molecule has 0 fully saturated rings. The first-order valence-electron chi connectivity index (χ1n) is 16.3. The second-order valence-corrected chi connectivity index (χ2v) is 13.5. The monoisotopic (exact) mass is 644 g/mol. The molecule has 0 unspecified atom stereocenters. The molecule has 11 rings (SSSR count). The Labute approximate surface area is 283 Å². The molecule has 0 saturated carbocycles. The van der Waals surface area contributed by atoms with Gasteiger partial charge in [-0.25, -0.2) is 4.98 Å². The van der Waals surface area contributed by atoms with Crippen molar-refractivity contribution >= 4 is 86.0 Å². The van der Waals surface area contributed by atoms with Crippen LogP contribution in [-0.2, 0) is 0 Å². The summed E-state index contributed by atoms with van der Waals surface area (Å²) >= 11 is 1.79. The highest BCUT2D eigenvalue weighted by molar-refractivity contribution is 7.25. The molecule has 0 atom stereocenters. The zero-order valence-corrected chi connectivity index (χ0v) is 26.8. The van der Waals surface area contributed by atoms with Gasteiger partial charge in [0, 0.05) is 58.2 Å². The number of aromatic nitrogens is 4. The van der Waals surface area contributed by atoms with E-state index in [1.807, 2.05) is 12.1 Å². The number of rotatable bonds is 3. The van der Waals surface area contributed by atoms with Crippen molar-refractivity contribution in [2.45, 2.75) is 0 Å². The van der Waals surface area contributed by atoms with Crippen LogP contribution in [0.4, 0.5) is 0 Å². The first-order valence-corrected chi connectivity index (χ1v) is 17.1. The maximum atomic E-state index is 6.56. The molecule has 7 aromatic carbocycles. The lowest BCUT2D eigenvalue weighted by Crippen LogP contribution is -2.06. The van der Waals surface area contributed by atoms with E-state index in [1.165, 1.54) is 20.2 Å². The molecule has 228 valence electrons. The third-order valence-electron chi connectivity index (χ3n) is 9.67. The van der Waals surface area contributed by atoms with Crippen LogP contribution in [0.15, 0.2) is 150 Å². The van der Waals surface area contributed by atoms with Crippen LogP contribution in [0.5, 0.6) is 0 Å². The summed E-state index contributed by atoms with van der Waals surface area (Å²) in [5.74, 6) is 1.79. The minimum atomic E-state index is 0.572. The fourth-order valence-electron chi connectivity index (χ4n) is 7.46. The molecule has 49 heavy (non-hydrogen) atoms. The van der Waals surface area contributed by atoms with Crippen LogP contribution in [0.1, 0.15) is 0 Å². The Hall–Kier alpha value is -6.37.